The summed E-state index contributed by atoms with van der Waals surface area (Å²) < 4.78 is 28.1. The van der Waals surface area contributed by atoms with E-state index in [9.17, 15) is 13.2 Å². The lowest BCUT2D eigenvalue weighted by Gasteiger charge is -2.25. The fourth-order valence-electron chi connectivity index (χ4n) is 4.34. The van der Waals surface area contributed by atoms with E-state index in [2.05, 4.69) is 22.3 Å². The minimum absolute atomic E-state index is 0.122. The number of likely N-dealkylation sites (tertiary alicyclic amines) is 1. The molecule has 1 aliphatic heterocycles. The van der Waals surface area contributed by atoms with Gasteiger partial charge >= 0.3 is 0 Å². The van der Waals surface area contributed by atoms with Crippen LogP contribution in [0.25, 0.3) is 0 Å². The minimum Gasteiger partial charge on any atom is -0.350 e. The Kier molecular flexibility index (Phi) is 8.11. The van der Waals surface area contributed by atoms with E-state index in [4.69, 9.17) is 11.6 Å². The molecule has 35 heavy (non-hydrogen) atoms. The highest BCUT2D eigenvalue weighted by Gasteiger charge is 2.28. The maximum Gasteiger partial charge on any atom is 0.264 e. The fraction of sp³-hybridized carbons (Fsp3) is 0.296. The van der Waals surface area contributed by atoms with Crippen LogP contribution >= 0.6 is 11.6 Å². The molecule has 0 atom stereocenters. The number of hydrogen-bond acceptors (Lipinski definition) is 4. The zero-order chi connectivity index (χ0) is 24.8. The number of anilines is 1. The van der Waals surface area contributed by atoms with Crippen LogP contribution in [0.5, 0.6) is 0 Å². The van der Waals surface area contributed by atoms with Gasteiger partial charge in [-0.15, -0.1) is 0 Å². The van der Waals surface area contributed by atoms with Crippen molar-refractivity contribution in [2.24, 2.45) is 0 Å². The summed E-state index contributed by atoms with van der Waals surface area (Å²) in [4.78, 5) is 15.5. The van der Waals surface area contributed by atoms with Crippen molar-refractivity contribution in [1.29, 1.82) is 0 Å². The van der Waals surface area contributed by atoms with Crippen LogP contribution in [0.15, 0.2) is 77.7 Å². The van der Waals surface area contributed by atoms with Crippen LogP contribution in [0.2, 0.25) is 5.02 Å². The van der Waals surface area contributed by atoms with Crippen LogP contribution in [0, 0.1) is 6.92 Å². The van der Waals surface area contributed by atoms with Gasteiger partial charge in [-0.3, -0.25) is 14.0 Å². The summed E-state index contributed by atoms with van der Waals surface area (Å²) in [5.41, 5.74) is 3.28. The van der Waals surface area contributed by atoms with Gasteiger partial charge in [0.15, 0.2) is 0 Å². The molecule has 3 aromatic carbocycles. The van der Waals surface area contributed by atoms with Crippen molar-refractivity contribution >= 4 is 33.2 Å². The quantitative estimate of drug-likeness (QED) is 0.450. The molecule has 0 spiro atoms. The third-order valence-electron chi connectivity index (χ3n) is 6.13. The number of hydrogen-bond donors (Lipinski definition) is 1. The van der Waals surface area contributed by atoms with Gasteiger partial charge in [-0.05, 0) is 79.9 Å². The molecule has 184 valence electrons. The van der Waals surface area contributed by atoms with Gasteiger partial charge in [-0.1, -0.05) is 54.1 Å². The Balaban J connectivity index is 1.50. The van der Waals surface area contributed by atoms with Gasteiger partial charge in [0.05, 0.1) is 10.6 Å². The second-order valence-electron chi connectivity index (χ2n) is 8.84. The Morgan fingerprint density at radius 2 is 1.69 bits per heavy atom. The lowest BCUT2D eigenvalue weighted by molar-refractivity contribution is -0.119. The summed E-state index contributed by atoms with van der Waals surface area (Å²) in [7, 11) is -3.96. The first kappa shape index (κ1) is 25.2. The van der Waals surface area contributed by atoms with Crippen molar-refractivity contribution in [1.82, 2.24) is 10.2 Å². The van der Waals surface area contributed by atoms with Crippen LogP contribution < -0.4 is 9.62 Å². The summed E-state index contributed by atoms with van der Waals surface area (Å²) >= 11 is 6.09. The predicted molar refractivity (Wildman–Crippen MR) is 140 cm³/mol. The lowest BCUT2D eigenvalue weighted by atomic mass is 10.1. The van der Waals surface area contributed by atoms with Gasteiger partial charge in [-0.25, -0.2) is 8.42 Å². The standard InChI is InChI=1S/C27H30ClN3O3S/c1-21-16-24(28)12-13-26(21)31(35(33,34)25-10-3-2-4-11-25)20-27(32)29-18-22-8-7-9-23(17-22)19-30-14-5-6-15-30/h2-4,7-13,16-17H,5-6,14-15,18-20H2,1H3,(H,29,32). The molecule has 1 N–H and O–H groups in total. The number of carbonyl (C=O) groups excluding carboxylic acids is 1. The van der Waals surface area contributed by atoms with Crippen LogP contribution in [-0.4, -0.2) is 38.9 Å². The van der Waals surface area contributed by atoms with Crippen molar-refractivity contribution in [3.8, 4) is 0 Å². The van der Waals surface area contributed by atoms with E-state index < -0.39 is 10.0 Å². The molecule has 8 heteroatoms. The molecular weight excluding hydrogens is 482 g/mol. The van der Waals surface area contributed by atoms with E-state index in [0.29, 0.717) is 22.8 Å². The minimum atomic E-state index is -3.96. The number of carbonyl (C=O) groups is 1. The smallest absolute Gasteiger partial charge is 0.264 e. The molecule has 6 nitrogen and oxygen atoms in total. The average Bonchev–Trinajstić information content (AvgIpc) is 3.35. The van der Waals surface area contributed by atoms with Crippen LogP contribution in [-0.2, 0) is 27.9 Å². The van der Waals surface area contributed by atoms with Crippen molar-refractivity contribution in [3.05, 3.63) is 94.5 Å². The first-order valence-corrected chi connectivity index (χ1v) is 13.6. The molecule has 0 unspecified atom stereocenters. The van der Waals surface area contributed by atoms with E-state index in [0.717, 1.165) is 29.5 Å². The van der Waals surface area contributed by atoms with Gasteiger partial charge in [0.25, 0.3) is 10.0 Å². The summed E-state index contributed by atoms with van der Waals surface area (Å²) in [6.45, 7) is 4.91. The first-order chi connectivity index (χ1) is 16.8. The lowest BCUT2D eigenvalue weighted by Crippen LogP contribution is -2.41. The van der Waals surface area contributed by atoms with Crippen molar-refractivity contribution in [3.63, 3.8) is 0 Å². The molecule has 0 radical (unpaired) electrons. The number of halogens is 1. The summed E-state index contributed by atoms with van der Waals surface area (Å²) in [6, 6.07) is 21.2. The molecule has 0 aliphatic carbocycles. The second kappa shape index (κ2) is 11.2. The molecule has 0 bridgehead atoms. The third kappa shape index (κ3) is 6.42. The van der Waals surface area contributed by atoms with Crippen molar-refractivity contribution < 1.29 is 13.2 Å². The zero-order valence-electron chi connectivity index (χ0n) is 19.8. The molecule has 3 aromatic rings. The highest BCUT2D eigenvalue weighted by atomic mass is 35.5. The zero-order valence-corrected chi connectivity index (χ0v) is 21.4. The fourth-order valence-corrected chi connectivity index (χ4v) is 6.08. The molecule has 1 heterocycles. The highest BCUT2D eigenvalue weighted by Crippen LogP contribution is 2.28. The molecular formula is C27H30ClN3O3S. The van der Waals surface area contributed by atoms with E-state index in [-0.39, 0.29) is 17.3 Å². The van der Waals surface area contributed by atoms with Crippen LogP contribution in [0.1, 0.15) is 29.5 Å². The number of rotatable bonds is 9. The number of aryl methyl sites for hydroxylation is 1. The normalized spacial score (nSPS) is 14.1. The number of amides is 1. The number of nitrogens with one attached hydrogen (secondary N) is 1. The highest BCUT2D eigenvalue weighted by molar-refractivity contribution is 7.92. The van der Waals surface area contributed by atoms with Gasteiger partial charge in [0.2, 0.25) is 5.91 Å². The van der Waals surface area contributed by atoms with Gasteiger partial charge < -0.3 is 5.32 Å². The monoisotopic (exact) mass is 511 g/mol. The maximum absolute atomic E-state index is 13.5. The third-order valence-corrected chi connectivity index (χ3v) is 8.14. The van der Waals surface area contributed by atoms with Gasteiger partial charge in [0.1, 0.15) is 6.54 Å². The summed E-state index contributed by atoms with van der Waals surface area (Å²) in [5.74, 6) is -0.385. The maximum atomic E-state index is 13.5. The number of sulfonamides is 1. The van der Waals surface area contributed by atoms with E-state index in [1.54, 1.807) is 43.3 Å². The average molecular weight is 512 g/mol. The Hall–Kier alpha value is -2.87. The second-order valence-corrected chi connectivity index (χ2v) is 11.1. The van der Waals surface area contributed by atoms with Crippen molar-refractivity contribution in [2.45, 2.75) is 37.8 Å². The largest absolute Gasteiger partial charge is 0.350 e. The van der Waals surface area contributed by atoms with Gasteiger partial charge in [0, 0.05) is 18.1 Å². The van der Waals surface area contributed by atoms with E-state index >= 15 is 0 Å². The Labute approximate surface area is 212 Å². The van der Waals surface area contributed by atoms with Crippen LogP contribution in [0.3, 0.4) is 0 Å². The van der Waals surface area contributed by atoms with E-state index in [1.165, 1.54) is 30.5 Å². The topological polar surface area (TPSA) is 69.7 Å². The molecule has 1 amide bonds. The summed E-state index contributed by atoms with van der Waals surface area (Å²) in [5, 5.41) is 3.39. The Morgan fingerprint density at radius 3 is 2.40 bits per heavy atom. The first-order valence-electron chi connectivity index (χ1n) is 11.7. The molecule has 0 saturated carbocycles. The number of nitrogens with zero attached hydrogens (tertiary/aromatic N) is 2. The van der Waals surface area contributed by atoms with Crippen LogP contribution in [0.4, 0.5) is 5.69 Å². The van der Waals surface area contributed by atoms with Gasteiger partial charge in [-0.2, -0.15) is 0 Å². The summed E-state index contributed by atoms with van der Waals surface area (Å²) in [6.07, 6.45) is 2.48. The molecule has 0 aromatic heterocycles. The molecule has 1 saturated heterocycles. The Morgan fingerprint density at radius 1 is 0.971 bits per heavy atom. The molecule has 1 aliphatic rings. The van der Waals surface area contributed by atoms with E-state index in [1.807, 2.05) is 12.1 Å². The molecule has 4 rings (SSSR count). The SMILES string of the molecule is Cc1cc(Cl)ccc1N(CC(=O)NCc1cccc(CN2CCCC2)c1)S(=O)(=O)c1ccccc1. The predicted octanol–water partition coefficient (Wildman–Crippen LogP) is 4.76. The van der Waals surface area contributed by atoms with Crippen molar-refractivity contribution in [2.75, 3.05) is 23.9 Å². The number of benzene rings is 3. The Bertz CT molecular complexity index is 1280. The molecule has 1 fully saturated rings.